The third kappa shape index (κ3) is 1.78. The first-order valence-corrected chi connectivity index (χ1v) is 3.67. The molecule has 0 amide bonds. The van der Waals surface area contributed by atoms with Gasteiger partial charge in [0, 0.05) is 12.0 Å². The van der Waals surface area contributed by atoms with E-state index in [2.05, 4.69) is 6.92 Å². The van der Waals surface area contributed by atoms with Gasteiger partial charge in [0.1, 0.15) is 0 Å². The maximum absolute atomic E-state index is 11.2. The fourth-order valence-corrected chi connectivity index (χ4v) is 0.864. The quantitative estimate of drug-likeness (QED) is 0.499. The van der Waals surface area contributed by atoms with E-state index in [0.29, 0.717) is 5.56 Å². The Morgan fingerprint density at radius 1 is 1.17 bits per heavy atom. The summed E-state index contributed by atoms with van der Waals surface area (Å²) in [5, 5.41) is 0. The van der Waals surface area contributed by atoms with Gasteiger partial charge in [0.25, 0.3) is 0 Å². The second kappa shape index (κ2) is 3.81. The molecule has 0 aliphatic rings. The number of rotatable bonds is 3. The molecule has 1 aromatic carbocycles. The van der Waals surface area contributed by atoms with Crippen molar-refractivity contribution in [2.24, 2.45) is 0 Å². The SMILES string of the molecule is [CH2]CC(=O)C(=O)c1ccccc1. The van der Waals surface area contributed by atoms with Crippen LogP contribution in [-0.2, 0) is 4.79 Å². The number of Topliss-reactive ketones (excluding diaryl/α,β-unsaturated/α-hetero) is 2. The Morgan fingerprint density at radius 2 is 1.75 bits per heavy atom. The van der Waals surface area contributed by atoms with Crippen LogP contribution in [0, 0.1) is 6.92 Å². The van der Waals surface area contributed by atoms with Crippen LogP contribution in [0.5, 0.6) is 0 Å². The summed E-state index contributed by atoms with van der Waals surface area (Å²) in [6, 6.07) is 8.49. The molecule has 1 aromatic rings. The van der Waals surface area contributed by atoms with Gasteiger partial charge in [-0.25, -0.2) is 0 Å². The van der Waals surface area contributed by atoms with E-state index in [9.17, 15) is 9.59 Å². The topological polar surface area (TPSA) is 34.1 Å². The molecule has 61 valence electrons. The van der Waals surface area contributed by atoms with Gasteiger partial charge in [0.15, 0.2) is 0 Å². The van der Waals surface area contributed by atoms with Crippen LogP contribution in [-0.4, -0.2) is 11.6 Å². The van der Waals surface area contributed by atoms with Crippen molar-refractivity contribution in [1.82, 2.24) is 0 Å². The highest BCUT2D eigenvalue weighted by molar-refractivity contribution is 6.43. The Morgan fingerprint density at radius 3 is 2.25 bits per heavy atom. The van der Waals surface area contributed by atoms with Crippen molar-refractivity contribution in [1.29, 1.82) is 0 Å². The van der Waals surface area contributed by atoms with Gasteiger partial charge in [-0.05, 0) is 6.92 Å². The fraction of sp³-hybridized carbons (Fsp3) is 0.100. The van der Waals surface area contributed by atoms with Crippen molar-refractivity contribution in [2.45, 2.75) is 6.42 Å². The normalized spacial score (nSPS) is 9.42. The molecule has 0 N–H and O–H groups in total. The number of ketones is 2. The molecule has 0 heterocycles. The Balaban J connectivity index is 2.86. The molecule has 2 nitrogen and oxygen atoms in total. The lowest BCUT2D eigenvalue weighted by Crippen LogP contribution is -2.12. The molecule has 0 spiro atoms. The van der Waals surface area contributed by atoms with Crippen molar-refractivity contribution >= 4 is 11.6 Å². The maximum atomic E-state index is 11.2. The van der Waals surface area contributed by atoms with Gasteiger partial charge in [-0.1, -0.05) is 30.3 Å². The zero-order chi connectivity index (χ0) is 8.97. The van der Waals surface area contributed by atoms with E-state index in [1.165, 1.54) is 0 Å². The van der Waals surface area contributed by atoms with Crippen LogP contribution in [0.15, 0.2) is 30.3 Å². The summed E-state index contributed by atoms with van der Waals surface area (Å²) in [5.41, 5.74) is 0.436. The smallest absolute Gasteiger partial charge is 0.228 e. The van der Waals surface area contributed by atoms with Crippen LogP contribution < -0.4 is 0 Å². The molecule has 0 fully saturated rings. The zero-order valence-corrected chi connectivity index (χ0v) is 6.62. The number of benzene rings is 1. The van der Waals surface area contributed by atoms with Crippen molar-refractivity contribution in [3.05, 3.63) is 42.8 Å². The summed E-state index contributed by atoms with van der Waals surface area (Å²) in [6.45, 7) is 3.36. The molecule has 0 unspecified atom stereocenters. The van der Waals surface area contributed by atoms with Gasteiger partial charge in [0.2, 0.25) is 11.6 Å². The van der Waals surface area contributed by atoms with Crippen LogP contribution >= 0.6 is 0 Å². The first kappa shape index (κ1) is 8.65. The molecule has 0 aromatic heterocycles. The summed E-state index contributed by atoms with van der Waals surface area (Å²) in [5.74, 6) is -0.896. The lowest BCUT2D eigenvalue weighted by Gasteiger charge is -1.95. The number of carbonyl (C=O) groups is 2. The van der Waals surface area contributed by atoms with E-state index < -0.39 is 11.6 Å². The van der Waals surface area contributed by atoms with Crippen molar-refractivity contribution in [3.8, 4) is 0 Å². The third-order valence-corrected chi connectivity index (χ3v) is 1.52. The number of hydrogen-bond donors (Lipinski definition) is 0. The van der Waals surface area contributed by atoms with Crippen LogP contribution in [0.4, 0.5) is 0 Å². The lowest BCUT2D eigenvalue weighted by atomic mass is 10.1. The second-order valence-electron chi connectivity index (χ2n) is 2.37. The van der Waals surface area contributed by atoms with Crippen LogP contribution in [0.3, 0.4) is 0 Å². The van der Waals surface area contributed by atoms with Crippen LogP contribution in [0.2, 0.25) is 0 Å². The van der Waals surface area contributed by atoms with E-state index in [1.807, 2.05) is 0 Å². The molecule has 0 atom stereocenters. The Labute approximate surface area is 71.2 Å². The van der Waals surface area contributed by atoms with Crippen molar-refractivity contribution in [2.75, 3.05) is 0 Å². The van der Waals surface area contributed by atoms with E-state index in [4.69, 9.17) is 0 Å². The molecule has 1 radical (unpaired) electrons. The number of hydrogen-bond acceptors (Lipinski definition) is 2. The lowest BCUT2D eigenvalue weighted by molar-refractivity contribution is -0.114. The predicted molar refractivity (Wildman–Crippen MR) is 45.8 cm³/mol. The summed E-state index contributed by atoms with van der Waals surface area (Å²) in [4.78, 5) is 22.1. The minimum atomic E-state index is -0.453. The first-order chi connectivity index (χ1) is 5.75. The van der Waals surface area contributed by atoms with E-state index in [0.717, 1.165) is 0 Å². The van der Waals surface area contributed by atoms with Gasteiger partial charge in [0.05, 0.1) is 0 Å². The molecular formula is C10H9O2. The van der Waals surface area contributed by atoms with E-state index >= 15 is 0 Å². The molecule has 0 bridgehead atoms. The molecule has 0 saturated heterocycles. The zero-order valence-electron chi connectivity index (χ0n) is 6.62. The standard InChI is InChI=1S/C10H9O2/c1-2-9(11)10(12)8-6-4-3-5-7-8/h3-7H,1-2H2. The first-order valence-electron chi connectivity index (χ1n) is 3.67. The fourth-order valence-electron chi connectivity index (χ4n) is 0.864. The minimum Gasteiger partial charge on any atom is -0.290 e. The molecule has 12 heavy (non-hydrogen) atoms. The van der Waals surface area contributed by atoms with E-state index in [1.54, 1.807) is 30.3 Å². The monoisotopic (exact) mass is 161 g/mol. The number of carbonyl (C=O) groups excluding carboxylic acids is 2. The Bertz CT molecular complexity index is 288. The minimum absolute atomic E-state index is 0.0216. The maximum Gasteiger partial charge on any atom is 0.228 e. The summed E-state index contributed by atoms with van der Waals surface area (Å²) < 4.78 is 0. The summed E-state index contributed by atoms with van der Waals surface area (Å²) in [6.07, 6.45) is 0.0216. The van der Waals surface area contributed by atoms with Gasteiger partial charge in [-0.2, -0.15) is 0 Å². The second-order valence-corrected chi connectivity index (χ2v) is 2.37. The van der Waals surface area contributed by atoms with Crippen LogP contribution in [0.1, 0.15) is 16.8 Å². The predicted octanol–water partition coefficient (Wildman–Crippen LogP) is 1.66. The van der Waals surface area contributed by atoms with Gasteiger partial charge >= 0.3 is 0 Å². The Kier molecular flexibility index (Phi) is 2.75. The van der Waals surface area contributed by atoms with Gasteiger partial charge in [-0.3, -0.25) is 9.59 Å². The largest absolute Gasteiger partial charge is 0.290 e. The average Bonchev–Trinajstić information content (AvgIpc) is 2.17. The highest BCUT2D eigenvalue weighted by Crippen LogP contribution is 2.01. The molecule has 2 heteroatoms. The molecule has 1 rings (SSSR count). The summed E-state index contributed by atoms with van der Waals surface area (Å²) in [7, 11) is 0. The highest BCUT2D eigenvalue weighted by atomic mass is 16.2. The third-order valence-electron chi connectivity index (χ3n) is 1.52. The van der Waals surface area contributed by atoms with Crippen molar-refractivity contribution < 1.29 is 9.59 Å². The van der Waals surface area contributed by atoms with Gasteiger partial charge < -0.3 is 0 Å². The Hall–Kier alpha value is -1.44. The molecular weight excluding hydrogens is 152 g/mol. The van der Waals surface area contributed by atoms with Crippen molar-refractivity contribution in [3.63, 3.8) is 0 Å². The van der Waals surface area contributed by atoms with Crippen LogP contribution in [0.25, 0.3) is 0 Å². The highest BCUT2D eigenvalue weighted by Gasteiger charge is 2.12. The average molecular weight is 161 g/mol. The molecule has 0 saturated carbocycles. The summed E-state index contributed by atoms with van der Waals surface area (Å²) >= 11 is 0. The molecule has 0 aliphatic carbocycles. The van der Waals surface area contributed by atoms with Gasteiger partial charge in [-0.15, -0.1) is 0 Å². The van der Waals surface area contributed by atoms with E-state index in [-0.39, 0.29) is 6.42 Å². The molecule has 0 aliphatic heterocycles.